The monoisotopic (exact) mass is 371 g/mol. The van der Waals surface area contributed by atoms with Crippen LogP contribution in [0.4, 0.5) is 0 Å². The highest BCUT2D eigenvalue weighted by atomic mass is 32.2. The Labute approximate surface area is 156 Å². The van der Waals surface area contributed by atoms with Gasteiger partial charge in [-0.05, 0) is 24.1 Å². The number of carbonyl (C=O) groups is 2. The number of Topliss-reactive ketones (excluding diaryl/α,β-unsaturated/α-hetero) is 1. The summed E-state index contributed by atoms with van der Waals surface area (Å²) in [5.41, 5.74) is 1.09. The van der Waals surface area contributed by atoms with Gasteiger partial charge in [0.25, 0.3) is 0 Å². The van der Waals surface area contributed by atoms with Gasteiger partial charge in [0, 0.05) is 17.6 Å². The molecule has 1 aliphatic heterocycles. The van der Waals surface area contributed by atoms with Crippen molar-refractivity contribution in [3.8, 4) is 5.75 Å². The van der Waals surface area contributed by atoms with Crippen molar-refractivity contribution < 1.29 is 18.9 Å². The van der Waals surface area contributed by atoms with Gasteiger partial charge in [0.2, 0.25) is 11.3 Å². The number of likely N-dealkylation sites (tertiary alicyclic amines) is 1. The second kappa shape index (κ2) is 8.38. The zero-order chi connectivity index (χ0) is 18.5. The summed E-state index contributed by atoms with van der Waals surface area (Å²) in [6.07, 6.45) is 1.19. The molecule has 0 bridgehead atoms. The van der Waals surface area contributed by atoms with E-state index in [4.69, 9.17) is 4.74 Å². The molecule has 2 aromatic rings. The van der Waals surface area contributed by atoms with E-state index in [1.165, 1.54) is 12.0 Å². The fourth-order valence-electron chi connectivity index (χ4n) is 2.94. The number of para-hydroxylation sites is 1. The van der Waals surface area contributed by atoms with Crippen LogP contribution >= 0.6 is 0 Å². The van der Waals surface area contributed by atoms with Gasteiger partial charge >= 0.3 is 0 Å². The zero-order valence-corrected chi connectivity index (χ0v) is 15.4. The highest BCUT2D eigenvalue weighted by molar-refractivity contribution is 7.92. The van der Waals surface area contributed by atoms with E-state index < -0.39 is 16.5 Å². The first-order chi connectivity index (χ1) is 12.6. The van der Waals surface area contributed by atoms with Crippen LogP contribution in [-0.4, -0.2) is 40.2 Å². The third-order valence-electron chi connectivity index (χ3n) is 4.43. The maximum Gasteiger partial charge on any atom is 0.233 e. The summed E-state index contributed by atoms with van der Waals surface area (Å²) in [4.78, 5) is 26.2. The van der Waals surface area contributed by atoms with Crippen molar-refractivity contribution in [3.05, 3.63) is 60.2 Å². The summed E-state index contributed by atoms with van der Waals surface area (Å²) in [5.74, 6) is 0.371. The number of β-lactam (4-membered cyclic amide) rings is 1. The number of ether oxygens (including phenoxy) is 1. The van der Waals surface area contributed by atoms with E-state index in [-0.39, 0.29) is 24.7 Å². The molecule has 2 atom stereocenters. The van der Waals surface area contributed by atoms with Crippen LogP contribution in [0.3, 0.4) is 0 Å². The molecular formula is C20H21NO4S. The molecule has 0 spiro atoms. The van der Waals surface area contributed by atoms with E-state index in [9.17, 15) is 14.1 Å². The molecular weight excluding hydrogens is 350 g/mol. The predicted octanol–water partition coefficient (Wildman–Crippen LogP) is 2.56. The van der Waals surface area contributed by atoms with E-state index in [1.54, 1.807) is 24.3 Å². The molecule has 3 rings (SSSR count). The normalized spacial score (nSPS) is 17.5. The van der Waals surface area contributed by atoms with E-state index in [1.807, 2.05) is 30.3 Å². The lowest BCUT2D eigenvalue weighted by Crippen LogP contribution is -2.57. The molecule has 0 radical (unpaired) electrons. The molecule has 6 heteroatoms. The quantitative estimate of drug-likeness (QED) is 0.528. The van der Waals surface area contributed by atoms with Crippen LogP contribution in [0.2, 0.25) is 0 Å². The number of hydrogen-bond acceptors (Lipinski definition) is 4. The number of benzene rings is 2. The molecule has 1 fully saturated rings. The Morgan fingerprint density at radius 2 is 1.88 bits per heavy atom. The Kier molecular flexibility index (Phi) is 5.96. The number of rotatable bonds is 8. The average Bonchev–Trinajstić information content (AvgIpc) is 2.69. The maximum absolute atomic E-state index is 12.8. The number of aryl methyl sites for hydroxylation is 1. The lowest BCUT2D eigenvalue weighted by atomic mass is 10.1. The summed E-state index contributed by atoms with van der Waals surface area (Å²) in [6, 6.07) is 16.8. The number of methoxy groups -OCH3 is 1. The van der Waals surface area contributed by atoms with Crippen LogP contribution in [0, 0.1) is 0 Å². The first kappa shape index (κ1) is 18.5. The molecule has 136 valence electrons. The zero-order valence-electron chi connectivity index (χ0n) is 14.6. The minimum Gasteiger partial charge on any atom is -0.610 e. The smallest absolute Gasteiger partial charge is 0.233 e. The van der Waals surface area contributed by atoms with Crippen LogP contribution in [0.25, 0.3) is 0 Å². The second-order valence-electron chi connectivity index (χ2n) is 6.15. The lowest BCUT2D eigenvalue weighted by Gasteiger charge is -2.39. The third kappa shape index (κ3) is 4.08. The first-order valence-electron chi connectivity index (χ1n) is 8.49. The topological polar surface area (TPSA) is 69.7 Å². The Hall–Kier alpha value is -2.31. The van der Waals surface area contributed by atoms with Crippen LogP contribution < -0.4 is 4.74 Å². The molecule has 26 heavy (non-hydrogen) atoms. The van der Waals surface area contributed by atoms with Crippen molar-refractivity contribution in [2.45, 2.75) is 29.5 Å². The van der Waals surface area contributed by atoms with E-state index in [0.717, 1.165) is 5.56 Å². The van der Waals surface area contributed by atoms with Gasteiger partial charge in [-0.3, -0.25) is 14.5 Å². The summed E-state index contributed by atoms with van der Waals surface area (Å²) < 4.78 is 18.1. The highest BCUT2D eigenvalue weighted by Gasteiger charge is 2.46. The molecule has 1 saturated heterocycles. The van der Waals surface area contributed by atoms with Gasteiger partial charge in [0.15, 0.2) is 16.4 Å². The average molecular weight is 371 g/mol. The Morgan fingerprint density at radius 3 is 2.58 bits per heavy atom. The van der Waals surface area contributed by atoms with Crippen molar-refractivity contribution in [2.24, 2.45) is 0 Å². The maximum atomic E-state index is 12.8. The molecule has 1 amide bonds. The fraction of sp³-hybridized carbons (Fsp3) is 0.300. The van der Waals surface area contributed by atoms with Crippen molar-refractivity contribution in [3.63, 3.8) is 0 Å². The lowest BCUT2D eigenvalue weighted by molar-refractivity contribution is -0.145. The second-order valence-corrected chi connectivity index (χ2v) is 7.73. The number of carbonyl (C=O) groups excluding carboxylic acids is 2. The van der Waals surface area contributed by atoms with Gasteiger partial charge in [-0.2, -0.15) is 0 Å². The number of nitrogens with zero attached hydrogens (tertiary/aromatic N) is 1. The van der Waals surface area contributed by atoms with Crippen molar-refractivity contribution in [2.75, 3.05) is 13.7 Å². The Bertz CT molecular complexity index is 780. The molecule has 1 aliphatic rings. The SMILES string of the molecule is COc1ccccc1[S+]([O-])C1CC(=O)N1CC(=O)CCc1ccccc1. The number of amides is 1. The van der Waals surface area contributed by atoms with Gasteiger partial charge in [0.05, 0.1) is 20.1 Å². The van der Waals surface area contributed by atoms with Crippen LogP contribution in [0.15, 0.2) is 59.5 Å². The van der Waals surface area contributed by atoms with Crippen LogP contribution in [-0.2, 0) is 27.2 Å². The molecule has 0 saturated carbocycles. The predicted molar refractivity (Wildman–Crippen MR) is 99.3 cm³/mol. The van der Waals surface area contributed by atoms with Crippen LogP contribution in [0.5, 0.6) is 5.75 Å². The summed E-state index contributed by atoms with van der Waals surface area (Å²) >= 11 is -1.43. The number of hydrogen-bond donors (Lipinski definition) is 0. The number of ketones is 1. The molecule has 5 nitrogen and oxygen atoms in total. The molecule has 2 unspecified atom stereocenters. The molecule has 0 N–H and O–H groups in total. The first-order valence-corrected chi connectivity index (χ1v) is 9.70. The van der Waals surface area contributed by atoms with E-state index >= 15 is 0 Å². The molecule has 0 aromatic heterocycles. The largest absolute Gasteiger partial charge is 0.610 e. The Morgan fingerprint density at radius 1 is 1.19 bits per heavy atom. The van der Waals surface area contributed by atoms with Crippen LogP contribution in [0.1, 0.15) is 18.4 Å². The van der Waals surface area contributed by atoms with Gasteiger partial charge in [-0.25, -0.2) is 0 Å². The van der Waals surface area contributed by atoms with Gasteiger partial charge in [-0.15, -0.1) is 0 Å². The minimum absolute atomic E-state index is 0.0111. The molecule has 0 aliphatic carbocycles. The Balaban J connectivity index is 1.60. The fourth-order valence-corrected chi connectivity index (χ4v) is 4.51. The minimum atomic E-state index is -1.43. The molecule has 1 heterocycles. The van der Waals surface area contributed by atoms with E-state index in [0.29, 0.717) is 23.5 Å². The van der Waals surface area contributed by atoms with Crippen molar-refractivity contribution >= 4 is 22.9 Å². The molecule has 2 aromatic carbocycles. The standard InChI is InChI=1S/C20H21NO4S/c1-25-17-9-5-6-10-18(17)26(24)20-13-19(23)21(20)14-16(22)12-11-15-7-3-2-4-8-15/h2-10,20H,11-14H2,1H3. The summed E-state index contributed by atoms with van der Waals surface area (Å²) in [7, 11) is 1.52. The third-order valence-corrected chi connectivity index (χ3v) is 6.12. The summed E-state index contributed by atoms with van der Waals surface area (Å²) in [5, 5.41) is -0.473. The van der Waals surface area contributed by atoms with Gasteiger partial charge < -0.3 is 9.29 Å². The highest BCUT2D eigenvalue weighted by Crippen LogP contribution is 2.33. The van der Waals surface area contributed by atoms with Crippen molar-refractivity contribution in [1.29, 1.82) is 0 Å². The van der Waals surface area contributed by atoms with Gasteiger partial charge in [0.1, 0.15) is 0 Å². The van der Waals surface area contributed by atoms with Gasteiger partial charge in [-0.1, -0.05) is 42.5 Å². The van der Waals surface area contributed by atoms with Crippen molar-refractivity contribution in [1.82, 2.24) is 4.90 Å². The van der Waals surface area contributed by atoms with E-state index in [2.05, 4.69) is 0 Å². The summed E-state index contributed by atoms with van der Waals surface area (Å²) in [6.45, 7) is 0.0111.